The van der Waals surface area contributed by atoms with Gasteiger partial charge in [-0.3, -0.25) is 0 Å². The highest BCUT2D eigenvalue weighted by Crippen LogP contribution is 2.26. The lowest BCUT2D eigenvalue weighted by atomic mass is 10.0. The molecule has 0 amide bonds. The number of hydrogen-bond donors (Lipinski definition) is 2. The van der Waals surface area contributed by atoms with Gasteiger partial charge in [0.15, 0.2) is 0 Å². The summed E-state index contributed by atoms with van der Waals surface area (Å²) in [6, 6.07) is 4.90. The van der Waals surface area contributed by atoms with Crippen molar-refractivity contribution >= 4 is 24.5 Å². The summed E-state index contributed by atoms with van der Waals surface area (Å²) in [6.07, 6.45) is 0.640. The van der Waals surface area contributed by atoms with Crippen molar-refractivity contribution in [2.45, 2.75) is 18.7 Å². The van der Waals surface area contributed by atoms with Crippen LogP contribution < -0.4 is 0 Å². The van der Waals surface area contributed by atoms with E-state index in [4.69, 9.17) is 14.3 Å². The van der Waals surface area contributed by atoms with Crippen molar-refractivity contribution in [3.8, 4) is 0 Å². The molecular formula is C11H15BrFO3P. The molecule has 6 heteroatoms. The predicted molar refractivity (Wildman–Crippen MR) is 69.2 cm³/mol. The van der Waals surface area contributed by atoms with E-state index in [1.807, 2.05) is 13.0 Å². The molecule has 0 fully saturated rings. The zero-order valence-corrected chi connectivity index (χ0v) is 11.9. The summed E-state index contributed by atoms with van der Waals surface area (Å²) >= 11 is 3.29. The molecule has 3 nitrogen and oxygen atoms in total. The first-order chi connectivity index (χ1) is 8.01. The Kier molecular flexibility index (Phi) is 6.52. The van der Waals surface area contributed by atoms with Crippen molar-refractivity contribution < 1.29 is 18.7 Å². The Morgan fingerprint density at radius 1 is 1.35 bits per heavy atom. The van der Waals surface area contributed by atoms with Crippen LogP contribution in [0.1, 0.15) is 18.1 Å². The summed E-state index contributed by atoms with van der Waals surface area (Å²) in [5.41, 5.74) is 1.77. The van der Waals surface area contributed by atoms with Crippen LogP contribution in [-0.4, -0.2) is 16.4 Å². The molecule has 1 rings (SSSR count). The second-order valence-electron chi connectivity index (χ2n) is 3.96. The summed E-state index contributed by atoms with van der Waals surface area (Å²) < 4.78 is 18.0. The highest BCUT2D eigenvalue weighted by Gasteiger charge is 2.09. The predicted octanol–water partition coefficient (Wildman–Crippen LogP) is 3.13. The molecular weight excluding hydrogens is 310 g/mol. The summed E-state index contributed by atoms with van der Waals surface area (Å²) in [7, 11) is -2.30. The van der Waals surface area contributed by atoms with E-state index < -0.39 is 8.60 Å². The molecule has 0 aliphatic rings. The van der Waals surface area contributed by atoms with Gasteiger partial charge in [0.25, 0.3) is 0 Å². The Morgan fingerprint density at radius 2 is 2.00 bits per heavy atom. The molecule has 96 valence electrons. The van der Waals surface area contributed by atoms with Gasteiger partial charge in [-0.1, -0.05) is 28.9 Å². The van der Waals surface area contributed by atoms with E-state index in [0.717, 1.165) is 11.1 Å². The lowest BCUT2D eigenvalue weighted by Gasteiger charge is -2.12. The average Bonchev–Trinajstić information content (AvgIpc) is 2.25. The molecule has 1 atom stereocenters. The van der Waals surface area contributed by atoms with E-state index in [2.05, 4.69) is 15.9 Å². The van der Waals surface area contributed by atoms with Gasteiger partial charge in [-0.15, -0.1) is 0 Å². The van der Waals surface area contributed by atoms with Crippen molar-refractivity contribution in [1.29, 1.82) is 0 Å². The minimum Gasteiger partial charge on any atom is -0.328 e. The quantitative estimate of drug-likeness (QED) is 0.624. The Hall–Kier alpha value is -0.0600. The standard InChI is InChI=1S/C11H15BrFO3P/c1-8(7-16-17(14)15)2-9-3-10(6-12)5-11(13)4-9/h3-5,8,14-15H,2,6-7H2,1H3. The molecule has 1 unspecified atom stereocenters. The molecule has 2 N–H and O–H groups in total. The maximum absolute atomic E-state index is 13.3. The highest BCUT2D eigenvalue weighted by molar-refractivity contribution is 9.08. The van der Waals surface area contributed by atoms with Crippen molar-refractivity contribution in [3.63, 3.8) is 0 Å². The minimum atomic E-state index is -2.30. The van der Waals surface area contributed by atoms with E-state index in [-0.39, 0.29) is 18.3 Å². The lowest BCUT2D eigenvalue weighted by Crippen LogP contribution is -2.07. The van der Waals surface area contributed by atoms with E-state index in [9.17, 15) is 4.39 Å². The second kappa shape index (κ2) is 7.39. The van der Waals surface area contributed by atoms with Crippen molar-refractivity contribution in [2.75, 3.05) is 6.61 Å². The van der Waals surface area contributed by atoms with Crippen LogP contribution in [0.5, 0.6) is 0 Å². The van der Waals surface area contributed by atoms with Crippen LogP contribution in [0.3, 0.4) is 0 Å². The van der Waals surface area contributed by atoms with Crippen LogP contribution in [0.4, 0.5) is 4.39 Å². The summed E-state index contributed by atoms with van der Waals surface area (Å²) in [4.78, 5) is 17.3. The Balaban J connectivity index is 2.58. The van der Waals surface area contributed by atoms with Gasteiger partial charge in [0.1, 0.15) is 5.82 Å². The molecule has 1 aromatic carbocycles. The molecule has 0 heterocycles. The van der Waals surface area contributed by atoms with Crippen LogP contribution >= 0.6 is 24.5 Å². The van der Waals surface area contributed by atoms with Crippen LogP contribution in [0, 0.1) is 11.7 Å². The molecule has 0 saturated carbocycles. The van der Waals surface area contributed by atoms with Gasteiger partial charge in [0.2, 0.25) is 0 Å². The fourth-order valence-electron chi connectivity index (χ4n) is 1.57. The van der Waals surface area contributed by atoms with Gasteiger partial charge in [-0.2, -0.15) is 0 Å². The van der Waals surface area contributed by atoms with Gasteiger partial charge in [0.05, 0.1) is 6.61 Å². The Bertz CT molecular complexity index is 363. The molecule has 0 bridgehead atoms. The molecule has 0 saturated heterocycles. The molecule has 0 aliphatic carbocycles. The maximum Gasteiger partial charge on any atom is 0.327 e. The monoisotopic (exact) mass is 324 g/mol. The van der Waals surface area contributed by atoms with Gasteiger partial charge in [0, 0.05) is 5.33 Å². The average molecular weight is 325 g/mol. The number of halogens is 2. The first-order valence-electron chi connectivity index (χ1n) is 5.16. The smallest absolute Gasteiger partial charge is 0.327 e. The van der Waals surface area contributed by atoms with E-state index in [0.29, 0.717) is 11.8 Å². The first-order valence-corrected chi connectivity index (χ1v) is 7.45. The molecule has 0 spiro atoms. The SMILES string of the molecule is CC(COP(O)O)Cc1cc(F)cc(CBr)c1. The molecule has 1 aromatic rings. The Morgan fingerprint density at radius 3 is 2.59 bits per heavy atom. The van der Waals surface area contributed by atoms with Gasteiger partial charge in [-0.05, 0) is 35.6 Å². The normalized spacial score (nSPS) is 13.1. The van der Waals surface area contributed by atoms with Crippen LogP contribution in [0.25, 0.3) is 0 Å². The van der Waals surface area contributed by atoms with E-state index >= 15 is 0 Å². The fourth-order valence-corrected chi connectivity index (χ4v) is 2.28. The summed E-state index contributed by atoms with van der Waals surface area (Å²) in [5, 5.41) is 0.612. The first kappa shape index (κ1) is 15.0. The van der Waals surface area contributed by atoms with E-state index in [1.165, 1.54) is 12.1 Å². The zero-order chi connectivity index (χ0) is 12.8. The molecule has 0 aromatic heterocycles. The number of benzene rings is 1. The van der Waals surface area contributed by atoms with Crippen LogP contribution in [0.15, 0.2) is 18.2 Å². The number of alkyl halides is 1. The number of hydrogen-bond acceptors (Lipinski definition) is 3. The van der Waals surface area contributed by atoms with E-state index in [1.54, 1.807) is 0 Å². The summed E-state index contributed by atoms with van der Waals surface area (Å²) in [5.74, 6) is -0.152. The van der Waals surface area contributed by atoms with Gasteiger partial charge in [-0.25, -0.2) is 4.39 Å². The van der Waals surface area contributed by atoms with Crippen LogP contribution in [-0.2, 0) is 16.3 Å². The van der Waals surface area contributed by atoms with Crippen molar-refractivity contribution in [2.24, 2.45) is 5.92 Å². The van der Waals surface area contributed by atoms with Crippen molar-refractivity contribution in [3.05, 3.63) is 35.1 Å². The molecule has 0 aliphatic heterocycles. The van der Waals surface area contributed by atoms with Crippen molar-refractivity contribution in [1.82, 2.24) is 0 Å². The molecule has 0 radical (unpaired) electrons. The van der Waals surface area contributed by atoms with Gasteiger partial charge >= 0.3 is 8.60 Å². The second-order valence-corrected chi connectivity index (χ2v) is 5.28. The maximum atomic E-state index is 13.3. The largest absolute Gasteiger partial charge is 0.328 e. The molecule has 17 heavy (non-hydrogen) atoms. The third-order valence-electron chi connectivity index (χ3n) is 2.23. The Labute approximate surface area is 110 Å². The zero-order valence-electron chi connectivity index (χ0n) is 9.44. The summed E-state index contributed by atoms with van der Waals surface area (Å²) in [6.45, 7) is 2.16. The third-order valence-corrected chi connectivity index (χ3v) is 3.26. The third kappa shape index (κ3) is 5.89. The van der Waals surface area contributed by atoms with Crippen LogP contribution in [0.2, 0.25) is 0 Å². The number of rotatable bonds is 6. The fraction of sp³-hybridized carbons (Fsp3) is 0.455. The van der Waals surface area contributed by atoms with Gasteiger partial charge < -0.3 is 14.3 Å². The topological polar surface area (TPSA) is 49.7 Å². The lowest BCUT2D eigenvalue weighted by molar-refractivity contribution is 0.218. The minimum absolute atomic E-state index is 0.101. The highest BCUT2D eigenvalue weighted by atomic mass is 79.9.